The van der Waals surface area contributed by atoms with Crippen LogP contribution in [0.25, 0.3) is 0 Å². The second-order valence-corrected chi connectivity index (χ2v) is 5.05. The van der Waals surface area contributed by atoms with E-state index in [0.29, 0.717) is 29.3 Å². The van der Waals surface area contributed by atoms with Crippen molar-refractivity contribution in [1.29, 1.82) is 0 Å². The number of hydrogen-bond donors (Lipinski definition) is 2. The van der Waals surface area contributed by atoms with Crippen LogP contribution in [-0.2, 0) is 11.2 Å². The highest BCUT2D eigenvalue weighted by molar-refractivity contribution is 6.32. The molecule has 0 bridgehead atoms. The molecule has 0 atom stereocenters. The van der Waals surface area contributed by atoms with Gasteiger partial charge in [0.05, 0.1) is 12.1 Å². The highest BCUT2D eigenvalue weighted by Gasteiger charge is 2.06. The molecule has 3 N–H and O–H groups in total. The van der Waals surface area contributed by atoms with Crippen LogP contribution in [-0.4, -0.2) is 13.0 Å². The van der Waals surface area contributed by atoms with Crippen LogP contribution >= 0.6 is 11.6 Å². The van der Waals surface area contributed by atoms with Crippen LogP contribution in [0, 0.1) is 0 Å². The van der Waals surface area contributed by atoms with Crippen molar-refractivity contribution in [2.45, 2.75) is 12.8 Å². The van der Waals surface area contributed by atoms with Gasteiger partial charge in [0.2, 0.25) is 5.91 Å². The minimum Gasteiger partial charge on any atom is -0.495 e. The molecule has 4 nitrogen and oxygen atoms in total. The van der Waals surface area contributed by atoms with Gasteiger partial charge in [0.25, 0.3) is 0 Å². The zero-order chi connectivity index (χ0) is 15.2. The second kappa shape index (κ2) is 6.99. The highest BCUT2D eigenvalue weighted by atomic mass is 35.5. The molecule has 5 heteroatoms. The number of nitrogen functional groups attached to an aromatic ring is 1. The van der Waals surface area contributed by atoms with Crippen LogP contribution in [0.5, 0.6) is 5.75 Å². The van der Waals surface area contributed by atoms with Gasteiger partial charge in [0, 0.05) is 23.9 Å². The summed E-state index contributed by atoms with van der Waals surface area (Å²) in [6.07, 6.45) is 1.06. The monoisotopic (exact) mass is 304 g/mol. The van der Waals surface area contributed by atoms with Crippen molar-refractivity contribution in [2.24, 2.45) is 0 Å². The van der Waals surface area contributed by atoms with Crippen molar-refractivity contribution >= 4 is 28.9 Å². The summed E-state index contributed by atoms with van der Waals surface area (Å²) in [5.74, 6) is 0.476. The number of ether oxygens (including phenoxy) is 1. The van der Waals surface area contributed by atoms with E-state index in [4.69, 9.17) is 22.1 Å². The molecule has 21 heavy (non-hydrogen) atoms. The summed E-state index contributed by atoms with van der Waals surface area (Å²) in [4.78, 5) is 11.9. The Morgan fingerprint density at radius 3 is 2.62 bits per heavy atom. The van der Waals surface area contributed by atoms with Crippen molar-refractivity contribution in [3.05, 3.63) is 53.1 Å². The molecule has 0 spiro atoms. The molecule has 2 aromatic rings. The van der Waals surface area contributed by atoms with Gasteiger partial charge < -0.3 is 15.8 Å². The Hall–Kier alpha value is -2.20. The molecule has 0 saturated carbocycles. The minimum atomic E-state index is -0.0591. The number of benzene rings is 2. The average molecular weight is 305 g/mol. The number of hydrogen-bond acceptors (Lipinski definition) is 3. The summed E-state index contributed by atoms with van der Waals surface area (Å²) in [5, 5.41) is 3.33. The molecule has 0 radical (unpaired) electrons. The van der Waals surface area contributed by atoms with E-state index in [-0.39, 0.29) is 5.91 Å². The number of aryl methyl sites for hydroxylation is 1. The van der Waals surface area contributed by atoms with Gasteiger partial charge in [0.15, 0.2) is 0 Å². The number of anilines is 2. The predicted molar refractivity (Wildman–Crippen MR) is 85.8 cm³/mol. The predicted octanol–water partition coefficient (Wildman–Crippen LogP) is 3.50. The largest absolute Gasteiger partial charge is 0.495 e. The van der Waals surface area contributed by atoms with Gasteiger partial charge in [0.1, 0.15) is 5.75 Å². The smallest absolute Gasteiger partial charge is 0.224 e. The van der Waals surface area contributed by atoms with Crippen LogP contribution in [0.3, 0.4) is 0 Å². The fraction of sp³-hybridized carbons (Fsp3) is 0.188. The molecule has 0 heterocycles. The zero-order valence-electron chi connectivity index (χ0n) is 11.7. The molecular formula is C16H17ClN2O2. The van der Waals surface area contributed by atoms with Crippen molar-refractivity contribution in [1.82, 2.24) is 0 Å². The normalized spacial score (nSPS) is 10.2. The lowest BCUT2D eigenvalue weighted by Gasteiger charge is -2.08. The number of methoxy groups -OCH3 is 1. The van der Waals surface area contributed by atoms with E-state index in [0.717, 1.165) is 11.3 Å². The first-order valence-electron chi connectivity index (χ1n) is 6.56. The average Bonchev–Trinajstić information content (AvgIpc) is 2.48. The third kappa shape index (κ3) is 4.39. The summed E-state index contributed by atoms with van der Waals surface area (Å²) in [6, 6.07) is 12.6. The molecule has 110 valence electrons. The van der Waals surface area contributed by atoms with Crippen LogP contribution in [0.4, 0.5) is 11.4 Å². The zero-order valence-corrected chi connectivity index (χ0v) is 12.5. The highest BCUT2D eigenvalue weighted by Crippen LogP contribution is 2.27. The SMILES string of the molecule is COc1cc(NC(=O)CCc2ccc(N)cc2)ccc1Cl. The van der Waals surface area contributed by atoms with E-state index in [1.807, 2.05) is 24.3 Å². The summed E-state index contributed by atoms with van der Waals surface area (Å²) in [7, 11) is 1.54. The Kier molecular flexibility index (Phi) is 5.06. The van der Waals surface area contributed by atoms with Gasteiger partial charge >= 0.3 is 0 Å². The molecular weight excluding hydrogens is 288 g/mol. The van der Waals surface area contributed by atoms with E-state index >= 15 is 0 Å². The molecule has 0 aliphatic rings. The van der Waals surface area contributed by atoms with Crippen molar-refractivity contribution < 1.29 is 9.53 Å². The maximum Gasteiger partial charge on any atom is 0.224 e. The number of carbonyl (C=O) groups excluding carboxylic acids is 1. The fourth-order valence-electron chi connectivity index (χ4n) is 1.90. The van der Waals surface area contributed by atoms with Crippen molar-refractivity contribution in [3.8, 4) is 5.75 Å². The molecule has 0 fully saturated rings. The Bertz CT molecular complexity index is 627. The van der Waals surface area contributed by atoms with Gasteiger partial charge in [-0.2, -0.15) is 0 Å². The maximum atomic E-state index is 11.9. The van der Waals surface area contributed by atoms with Crippen LogP contribution in [0.1, 0.15) is 12.0 Å². The number of rotatable bonds is 5. The molecule has 0 aliphatic heterocycles. The number of amides is 1. The summed E-state index contributed by atoms with van der Waals surface area (Å²) in [5.41, 5.74) is 8.08. The number of nitrogens with two attached hydrogens (primary N) is 1. The standard InChI is InChI=1S/C16H17ClN2O2/c1-21-15-10-13(7-8-14(15)17)19-16(20)9-4-11-2-5-12(18)6-3-11/h2-3,5-8,10H,4,9,18H2,1H3,(H,19,20). The van der Waals surface area contributed by atoms with E-state index in [9.17, 15) is 4.79 Å². The lowest BCUT2D eigenvalue weighted by molar-refractivity contribution is -0.116. The summed E-state index contributed by atoms with van der Waals surface area (Å²) < 4.78 is 5.11. The number of halogens is 1. The topological polar surface area (TPSA) is 64.3 Å². The van der Waals surface area contributed by atoms with Gasteiger partial charge in [-0.1, -0.05) is 23.7 Å². The van der Waals surface area contributed by atoms with Crippen LogP contribution < -0.4 is 15.8 Å². The Morgan fingerprint density at radius 1 is 1.24 bits per heavy atom. The number of carbonyl (C=O) groups is 1. The van der Waals surface area contributed by atoms with Crippen molar-refractivity contribution in [2.75, 3.05) is 18.2 Å². The second-order valence-electron chi connectivity index (χ2n) is 4.64. The Labute approximate surface area is 128 Å². The van der Waals surface area contributed by atoms with Gasteiger partial charge in [-0.15, -0.1) is 0 Å². The van der Waals surface area contributed by atoms with E-state index in [1.165, 1.54) is 7.11 Å². The molecule has 0 aromatic heterocycles. The first kappa shape index (κ1) is 15.2. The Balaban J connectivity index is 1.91. The quantitative estimate of drug-likeness (QED) is 0.831. The molecule has 0 unspecified atom stereocenters. The first-order chi connectivity index (χ1) is 10.1. The Morgan fingerprint density at radius 2 is 1.95 bits per heavy atom. The fourth-order valence-corrected chi connectivity index (χ4v) is 2.10. The van der Waals surface area contributed by atoms with E-state index in [1.54, 1.807) is 18.2 Å². The van der Waals surface area contributed by atoms with Crippen molar-refractivity contribution in [3.63, 3.8) is 0 Å². The third-order valence-corrected chi connectivity index (χ3v) is 3.37. The van der Waals surface area contributed by atoms with Gasteiger partial charge in [-0.05, 0) is 36.2 Å². The van der Waals surface area contributed by atoms with Gasteiger partial charge in [-0.3, -0.25) is 4.79 Å². The molecule has 1 amide bonds. The minimum absolute atomic E-state index is 0.0591. The number of nitrogens with one attached hydrogen (secondary N) is 1. The lowest BCUT2D eigenvalue weighted by atomic mass is 10.1. The lowest BCUT2D eigenvalue weighted by Crippen LogP contribution is -2.12. The van der Waals surface area contributed by atoms with E-state index < -0.39 is 0 Å². The first-order valence-corrected chi connectivity index (χ1v) is 6.94. The van der Waals surface area contributed by atoms with Crippen LogP contribution in [0.15, 0.2) is 42.5 Å². The van der Waals surface area contributed by atoms with Crippen LogP contribution in [0.2, 0.25) is 5.02 Å². The molecule has 2 rings (SSSR count). The summed E-state index contributed by atoms with van der Waals surface area (Å²) in [6.45, 7) is 0. The molecule has 2 aromatic carbocycles. The van der Waals surface area contributed by atoms with Gasteiger partial charge in [-0.25, -0.2) is 0 Å². The molecule has 0 saturated heterocycles. The maximum absolute atomic E-state index is 11.9. The molecule has 0 aliphatic carbocycles. The summed E-state index contributed by atoms with van der Waals surface area (Å²) >= 11 is 5.94. The van der Waals surface area contributed by atoms with E-state index in [2.05, 4.69) is 5.32 Å². The third-order valence-electron chi connectivity index (χ3n) is 3.06.